The summed E-state index contributed by atoms with van der Waals surface area (Å²) in [5.41, 5.74) is 0. The summed E-state index contributed by atoms with van der Waals surface area (Å²) in [5.74, 6) is 0. The number of hydrogen-bond donors (Lipinski definition) is 0. The Hall–Kier alpha value is -1.08. The monoisotopic (exact) mass is 190 g/mol. The molecule has 13 heavy (non-hydrogen) atoms. The van der Waals surface area contributed by atoms with E-state index in [1.165, 1.54) is 9.75 Å². The number of hydrogen-bond acceptors (Lipinski definition) is 1. The number of rotatable bonds is 3. The molecule has 0 aromatic carbocycles. The lowest BCUT2D eigenvalue weighted by Crippen LogP contribution is -1.53. The van der Waals surface area contributed by atoms with E-state index in [-0.39, 0.29) is 0 Å². The average Bonchev–Trinajstić information content (AvgIpc) is 2.54. The molecule has 1 heterocycles. The van der Waals surface area contributed by atoms with E-state index in [1.807, 2.05) is 26.0 Å². The Morgan fingerprint density at radius 1 is 0.923 bits per heavy atom. The molecule has 0 amide bonds. The second-order valence-electron chi connectivity index (χ2n) is 2.63. The molecule has 0 bridgehead atoms. The second kappa shape index (κ2) is 5.55. The van der Waals surface area contributed by atoms with Crippen molar-refractivity contribution < 1.29 is 0 Å². The largest absolute Gasteiger partial charge is 0.137 e. The van der Waals surface area contributed by atoms with Crippen molar-refractivity contribution in [1.82, 2.24) is 0 Å². The summed E-state index contributed by atoms with van der Waals surface area (Å²) < 4.78 is 0. The molecular formula is C12H14S. The van der Waals surface area contributed by atoms with Crippen molar-refractivity contribution in [2.75, 3.05) is 0 Å². The molecule has 0 N–H and O–H groups in total. The van der Waals surface area contributed by atoms with Gasteiger partial charge in [-0.25, -0.2) is 0 Å². The molecule has 1 aromatic rings. The lowest BCUT2D eigenvalue weighted by atomic mass is 10.3. The molecule has 0 aliphatic heterocycles. The quantitative estimate of drug-likeness (QED) is 0.621. The van der Waals surface area contributed by atoms with Gasteiger partial charge < -0.3 is 0 Å². The zero-order valence-corrected chi connectivity index (χ0v) is 8.84. The van der Waals surface area contributed by atoms with Gasteiger partial charge in [-0.05, 0) is 38.1 Å². The average molecular weight is 190 g/mol. The summed E-state index contributed by atoms with van der Waals surface area (Å²) in [7, 11) is 0. The van der Waals surface area contributed by atoms with Gasteiger partial charge in [0, 0.05) is 9.75 Å². The summed E-state index contributed by atoms with van der Waals surface area (Å²) in [6.45, 7) is 4.05. The molecular weight excluding hydrogens is 176 g/mol. The Bertz CT molecular complexity index is 327. The first-order valence-corrected chi connectivity index (χ1v) is 5.20. The van der Waals surface area contributed by atoms with Crippen LogP contribution in [0.4, 0.5) is 0 Å². The van der Waals surface area contributed by atoms with Crippen LogP contribution in [0.5, 0.6) is 0 Å². The Morgan fingerprint density at radius 3 is 2.23 bits per heavy atom. The van der Waals surface area contributed by atoms with Crippen LogP contribution in [-0.4, -0.2) is 0 Å². The van der Waals surface area contributed by atoms with Crippen molar-refractivity contribution in [2.45, 2.75) is 13.8 Å². The highest BCUT2D eigenvalue weighted by Crippen LogP contribution is 2.19. The number of thiophene rings is 1. The molecule has 1 aromatic heterocycles. The molecule has 0 radical (unpaired) electrons. The van der Waals surface area contributed by atoms with Crippen molar-refractivity contribution >= 4 is 23.5 Å². The van der Waals surface area contributed by atoms with Crippen molar-refractivity contribution in [3.05, 3.63) is 46.2 Å². The van der Waals surface area contributed by atoms with E-state index in [2.05, 4.69) is 36.4 Å². The van der Waals surface area contributed by atoms with E-state index < -0.39 is 0 Å². The Morgan fingerprint density at radius 2 is 1.62 bits per heavy atom. The van der Waals surface area contributed by atoms with E-state index in [1.54, 1.807) is 11.3 Å². The van der Waals surface area contributed by atoms with Crippen molar-refractivity contribution in [2.24, 2.45) is 0 Å². The highest BCUT2D eigenvalue weighted by molar-refractivity contribution is 7.13. The normalized spacial score (nSPS) is 12.5. The van der Waals surface area contributed by atoms with E-state index in [0.717, 1.165) is 0 Å². The summed E-state index contributed by atoms with van der Waals surface area (Å²) in [5, 5.41) is 0. The summed E-state index contributed by atoms with van der Waals surface area (Å²) in [6, 6.07) is 4.28. The van der Waals surface area contributed by atoms with Gasteiger partial charge in [0.2, 0.25) is 0 Å². The van der Waals surface area contributed by atoms with Gasteiger partial charge in [-0.1, -0.05) is 24.3 Å². The molecule has 0 saturated heterocycles. The molecule has 0 fully saturated rings. The van der Waals surface area contributed by atoms with Gasteiger partial charge in [-0.3, -0.25) is 0 Å². The first-order valence-electron chi connectivity index (χ1n) is 4.38. The van der Waals surface area contributed by atoms with Crippen LogP contribution < -0.4 is 0 Å². The molecule has 0 aliphatic rings. The molecule has 0 spiro atoms. The van der Waals surface area contributed by atoms with Crippen LogP contribution in [-0.2, 0) is 0 Å². The van der Waals surface area contributed by atoms with Crippen molar-refractivity contribution in [3.63, 3.8) is 0 Å². The van der Waals surface area contributed by atoms with Crippen molar-refractivity contribution in [1.29, 1.82) is 0 Å². The van der Waals surface area contributed by atoms with E-state index in [0.29, 0.717) is 0 Å². The highest BCUT2D eigenvalue weighted by Gasteiger charge is 1.91. The summed E-state index contributed by atoms with van der Waals surface area (Å²) >= 11 is 1.80. The predicted octanol–water partition coefficient (Wildman–Crippen LogP) is 4.37. The minimum Gasteiger partial charge on any atom is -0.137 e. The molecule has 0 aliphatic carbocycles. The van der Waals surface area contributed by atoms with Gasteiger partial charge in [0.25, 0.3) is 0 Å². The molecule has 0 atom stereocenters. The van der Waals surface area contributed by atoms with Crippen LogP contribution in [0.25, 0.3) is 12.2 Å². The molecule has 1 rings (SSSR count). The van der Waals surface area contributed by atoms with Crippen LogP contribution in [0.3, 0.4) is 0 Å². The maximum absolute atomic E-state index is 2.14. The fraction of sp³-hybridized carbons (Fsp3) is 0.167. The topological polar surface area (TPSA) is 0 Å². The predicted molar refractivity (Wildman–Crippen MR) is 62.9 cm³/mol. The van der Waals surface area contributed by atoms with Gasteiger partial charge >= 0.3 is 0 Å². The third-order valence-corrected chi connectivity index (χ3v) is 2.56. The third kappa shape index (κ3) is 3.43. The molecule has 0 nitrogen and oxygen atoms in total. The van der Waals surface area contributed by atoms with Gasteiger partial charge in [-0.15, -0.1) is 11.3 Å². The van der Waals surface area contributed by atoms with E-state index in [9.17, 15) is 0 Å². The van der Waals surface area contributed by atoms with Crippen LogP contribution in [0.2, 0.25) is 0 Å². The molecule has 1 heteroatoms. The summed E-state index contributed by atoms with van der Waals surface area (Å²) in [6.07, 6.45) is 12.4. The highest BCUT2D eigenvalue weighted by atomic mass is 32.1. The number of allylic oxidation sites excluding steroid dienone is 4. The third-order valence-electron chi connectivity index (χ3n) is 1.54. The second-order valence-corrected chi connectivity index (χ2v) is 3.77. The molecule has 0 saturated carbocycles. The van der Waals surface area contributed by atoms with Crippen LogP contribution in [0, 0.1) is 0 Å². The Balaban J connectivity index is 2.68. The SMILES string of the molecule is CC=CC=Cc1ccc(C=CC)s1. The maximum Gasteiger partial charge on any atom is 0.0276 e. The lowest BCUT2D eigenvalue weighted by molar-refractivity contribution is 1.74. The maximum atomic E-state index is 2.14. The standard InChI is InChI=1S/C12H14S/c1-3-5-6-8-12-10-9-11(13-12)7-4-2/h3-10H,1-2H3. The zero-order chi connectivity index (χ0) is 9.52. The van der Waals surface area contributed by atoms with Crippen LogP contribution in [0.1, 0.15) is 23.6 Å². The van der Waals surface area contributed by atoms with Gasteiger partial charge in [0.15, 0.2) is 0 Å². The smallest absolute Gasteiger partial charge is 0.0276 e. The van der Waals surface area contributed by atoms with E-state index >= 15 is 0 Å². The molecule has 0 unspecified atom stereocenters. The van der Waals surface area contributed by atoms with Gasteiger partial charge in [0.05, 0.1) is 0 Å². The Labute approximate surface area is 83.9 Å². The lowest BCUT2D eigenvalue weighted by Gasteiger charge is -1.81. The van der Waals surface area contributed by atoms with Gasteiger partial charge in [-0.2, -0.15) is 0 Å². The first kappa shape index (κ1) is 10.0. The Kier molecular flexibility index (Phi) is 4.27. The summed E-state index contributed by atoms with van der Waals surface area (Å²) in [4.78, 5) is 2.61. The van der Waals surface area contributed by atoms with Crippen molar-refractivity contribution in [3.8, 4) is 0 Å². The van der Waals surface area contributed by atoms with Gasteiger partial charge in [0.1, 0.15) is 0 Å². The van der Waals surface area contributed by atoms with Crippen LogP contribution in [0.15, 0.2) is 36.4 Å². The minimum absolute atomic E-state index is 1.30. The first-order chi connectivity index (χ1) is 6.36. The van der Waals surface area contributed by atoms with E-state index in [4.69, 9.17) is 0 Å². The molecule has 68 valence electrons. The fourth-order valence-electron chi connectivity index (χ4n) is 0.973. The van der Waals surface area contributed by atoms with Crippen LogP contribution >= 0.6 is 11.3 Å². The fourth-order valence-corrected chi connectivity index (χ4v) is 1.87. The minimum atomic E-state index is 1.30. The zero-order valence-electron chi connectivity index (χ0n) is 8.03.